The lowest BCUT2D eigenvalue weighted by atomic mass is 9.65. The second kappa shape index (κ2) is 5.43. The molecule has 1 aliphatic rings. The van der Waals surface area contributed by atoms with Gasteiger partial charge in [0.05, 0.1) is 12.5 Å². The number of allylic oxidation sites excluding steroid dienone is 1. The standard InChI is InChI=1S/C18H24O2/c1-17(2)15(11-10-14-8-6-5-7-9-14)12-13-18(17,3)16(19)20-4/h5-11,15H,12-13H2,1-4H3/b11-10-/t15-,18-/m0/s1. The molecular formula is C18H24O2. The van der Waals surface area contributed by atoms with E-state index in [-0.39, 0.29) is 11.4 Å². The molecule has 1 saturated carbocycles. The predicted molar refractivity (Wildman–Crippen MR) is 82.1 cm³/mol. The van der Waals surface area contributed by atoms with Crippen LogP contribution in [-0.2, 0) is 9.53 Å². The van der Waals surface area contributed by atoms with Crippen LogP contribution in [0, 0.1) is 16.7 Å². The number of hydrogen-bond donors (Lipinski definition) is 0. The summed E-state index contributed by atoms with van der Waals surface area (Å²) in [5.74, 6) is 0.310. The maximum atomic E-state index is 12.1. The highest BCUT2D eigenvalue weighted by atomic mass is 16.5. The van der Waals surface area contributed by atoms with Crippen molar-refractivity contribution in [3.63, 3.8) is 0 Å². The van der Waals surface area contributed by atoms with E-state index in [1.165, 1.54) is 12.7 Å². The molecule has 0 saturated heterocycles. The van der Waals surface area contributed by atoms with Crippen molar-refractivity contribution >= 4 is 12.0 Å². The van der Waals surface area contributed by atoms with Gasteiger partial charge in [-0.2, -0.15) is 0 Å². The number of hydrogen-bond acceptors (Lipinski definition) is 2. The van der Waals surface area contributed by atoms with Gasteiger partial charge in [0.15, 0.2) is 0 Å². The van der Waals surface area contributed by atoms with Gasteiger partial charge in [0, 0.05) is 0 Å². The predicted octanol–water partition coefficient (Wildman–Crippen LogP) is 4.32. The third-order valence-electron chi connectivity index (χ3n) is 5.26. The first kappa shape index (κ1) is 14.8. The Labute approximate surface area is 121 Å². The van der Waals surface area contributed by atoms with Gasteiger partial charge in [-0.1, -0.05) is 56.3 Å². The Balaban J connectivity index is 2.20. The lowest BCUT2D eigenvalue weighted by Gasteiger charge is -2.38. The molecule has 0 aliphatic heterocycles. The fraction of sp³-hybridized carbons (Fsp3) is 0.500. The van der Waals surface area contributed by atoms with E-state index < -0.39 is 5.41 Å². The number of ether oxygens (including phenoxy) is 1. The zero-order valence-corrected chi connectivity index (χ0v) is 12.8. The molecule has 0 spiro atoms. The van der Waals surface area contributed by atoms with Gasteiger partial charge in [-0.15, -0.1) is 0 Å². The van der Waals surface area contributed by atoms with Crippen LogP contribution in [0.3, 0.4) is 0 Å². The first-order valence-corrected chi connectivity index (χ1v) is 7.23. The summed E-state index contributed by atoms with van der Waals surface area (Å²) >= 11 is 0. The van der Waals surface area contributed by atoms with Crippen LogP contribution in [0.2, 0.25) is 0 Å². The lowest BCUT2D eigenvalue weighted by Crippen LogP contribution is -2.41. The number of benzene rings is 1. The van der Waals surface area contributed by atoms with Crippen LogP contribution >= 0.6 is 0 Å². The molecule has 1 aromatic rings. The summed E-state index contributed by atoms with van der Waals surface area (Å²) in [6.07, 6.45) is 6.33. The van der Waals surface area contributed by atoms with Gasteiger partial charge >= 0.3 is 5.97 Å². The van der Waals surface area contributed by atoms with Crippen molar-refractivity contribution in [2.45, 2.75) is 33.6 Å². The molecular weight excluding hydrogens is 248 g/mol. The molecule has 20 heavy (non-hydrogen) atoms. The summed E-state index contributed by atoms with van der Waals surface area (Å²) in [7, 11) is 1.48. The van der Waals surface area contributed by atoms with Gasteiger partial charge < -0.3 is 4.74 Å². The Bertz CT molecular complexity index is 501. The van der Waals surface area contributed by atoms with Crippen LogP contribution in [0.15, 0.2) is 36.4 Å². The van der Waals surface area contributed by atoms with Crippen LogP contribution in [0.4, 0.5) is 0 Å². The molecule has 0 unspecified atom stereocenters. The Morgan fingerprint density at radius 3 is 2.50 bits per heavy atom. The molecule has 2 nitrogen and oxygen atoms in total. The van der Waals surface area contributed by atoms with Gasteiger partial charge in [-0.25, -0.2) is 0 Å². The normalized spacial score (nSPS) is 28.7. The Hall–Kier alpha value is -1.57. The van der Waals surface area contributed by atoms with E-state index in [9.17, 15) is 4.79 Å². The summed E-state index contributed by atoms with van der Waals surface area (Å²) in [5.41, 5.74) is 0.716. The molecule has 0 amide bonds. The van der Waals surface area contributed by atoms with Crippen LogP contribution < -0.4 is 0 Å². The molecule has 0 radical (unpaired) electrons. The fourth-order valence-electron chi connectivity index (χ4n) is 3.25. The molecule has 0 bridgehead atoms. The van der Waals surface area contributed by atoms with E-state index in [4.69, 9.17) is 4.74 Å². The van der Waals surface area contributed by atoms with Crippen molar-refractivity contribution in [1.29, 1.82) is 0 Å². The maximum Gasteiger partial charge on any atom is 0.312 e. The third kappa shape index (κ3) is 2.39. The Morgan fingerprint density at radius 2 is 1.90 bits per heavy atom. The van der Waals surface area contributed by atoms with E-state index >= 15 is 0 Å². The zero-order valence-electron chi connectivity index (χ0n) is 12.8. The minimum Gasteiger partial charge on any atom is -0.469 e. The first-order valence-electron chi connectivity index (χ1n) is 7.23. The molecule has 0 N–H and O–H groups in total. The Morgan fingerprint density at radius 1 is 1.25 bits per heavy atom. The largest absolute Gasteiger partial charge is 0.469 e. The number of esters is 1. The van der Waals surface area contributed by atoms with E-state index in [1.807, 2.05) is 25.1 Å². The average molecular weight is 272 g/mol. The molecule has 2 atom stereocenters. The quantitative estimate of drug-likeness (QED) is 0.766. The summed E-state index contributed by atoms with van der Waals surface area (Å²) in [4.78, 5) is 12.1. The van der Waals surface area contributed by atoms with Crippen molar-refractivity contribution in [2.75, 3.05) is 7.11 Å². The Kier molecular flexibility index (Phi) is 4.03. The van der Waals surface area contributed by atoms with Crippen LogP contribution in [-0.4, -0.2) is 13.1 Å². The van der Waals surface area contributed by atoms with Crippen molar-refractivity contribution < 1.29 is 9.53 Å². The number of rotatable bonds is 3. The van der Waals surface area contributed by atoms with Crippen molar-refractivity contribution in [2.24, 2.45) is 16.7 Å². The van der Waals surface area contributed by atoms with Crippen LogP contribution in [0.1, 0.15) is 39.2 Å². The molecule has 1 aliphatic carbocycles. The maximum absolute atomic E-state index is 12.1. The second-order valence-corrected chi connectivity index (χ2v) is 6.46. The number of carbonyl (C=O) groups is 1. The van der Waals surface area contributed by atoms with E-state index in [0.29, 0.717) is 5.92 Å². The molecule has 1 aromatic carbocycles. The van der Waals surface area contributed by atoms with Crippen molar-refractivity contribution in [1.82, 2.24) is 0 Å². The van der Waals surface area contributed by atoms with Gasteiger partial charge in [0.25, 0.3) is 0 Å². The second-order valence-electron chi connectivity index (χ2n) is 6.46. The molecule has 0 heterocycles. The SMILES string of the molecule is COC(=O)[C@]1(C)CC[C@H](/C=C\c2ccccc2)C1(C)C. The molecule has 108 valence electrons. The average Bonchev–Trinajstić information content (AvgIpc) is 2.69. The topological polar surface area (TPSA) is 26.3 Å². The monoisotopic (exact) mass is 272 g/mol. The minimum absolute atomic E-state index is 0.0851. The number of methoxy groups -OCH3 is 1. The first-order chi connectivity index (χ1) is 9.41. The lowest BCUT2D eigenvalue weighted by molar-refractivity contribution is -0.157. The highest BCUT2D eigenvalue weighted by Gasteiger charge is 2.55. The molecule has 0 aromatic heterocycles. The van der Waals surface area contributed by atoms with E-state index in [0.717, 1.165) is 12.8 Å². The smallest absolute Gasteiger partial charge is 0.312 e. The van der Waals surface area contributed by atoms with Crippen LogP contribution in [0.25, 0.3) is 6.08 Å². The number of carbonyl (C=O) groups excluding carboxylic acids is 1. The van der Waals surface area contributed by atoms with Gasteiger partial charge in [0.1, 0.15) is 0 Å². The van der Waals surface area contributed by atoms with E-state index in [2.05, 4.69) is 38.1 Å². The van der Waals surface area contributed by atoms with Crippen molar-refractivity contribution in [3.05, 3.63) is 42.0 Å². The van der Waals surface area contributed by atoms with Gasteiger partial charge in [0.2, 0.25) is 0 Å². The fourth-order valence-corrected chi connectivity index (χ4v) is 3.25. The molecule has 2 rings (SSSR count). The van der Waals surface area contributed by atoms with Crippen LogP contribution in [0.5, 0.6) is 0 Å². The summed E-state index contributed by atoms with van der Waals surface area (Å²) in [6, 6.07) is 10.3. The third-order valence-corrected chi connectivity index (χ3v) is 5.26. The molecule has 1 fully saturated rings. The van der Waals surface area contributed by atoms with E-state index in [1.54, 1.807) is 0 Å². The highest BCUT2D eigenvalue weighted by Crippen LogP contribution is 2.57. The van der Waals surface area contributed by atoms with Gasteiger partial charge in [-0.05, 0) is 36.7 Å². The minimum atomic E-state index is -0.395. The summed E-state index contributed by atoms with van der Waals surface area (Å²) < 4.78 is 5.02. The molecule has 2 heteroatoms. The van der Waals surface area contributed by atoms with Gasteiger partial charge in [-0.3, -0.25) is 4.79 Å². The zero-order chi connectivity index (χ0) is 14.8. The highest BCUT2D eigenvalue weighted by molar-refractivity contribution is 5.78. The summed E-state index contributed by atoms with van der Waals surface area (Å²) in [5, 5.41) is 0. The van der Waals surface area contributed by atoms with Crippen molar-refractivity contribution in [3.8, 4) is 0 Å². The summed E-state index contributed by atoms with van der Waals surface area (Å²) in [6.45, 7) is 6.39.